The van der Waals surface area contributed by atoms with Crippen LogP contribution in [0.15, 0.2) is 54.5 Å². The largest absolute Gasteiger partial charge is 0.399 e. The Morgan fingerprint density at radius 1 is 1.17 bits per heavy atom. The van der Waals surface area contributed by atoms with Gasteiger partial charge in [-0.3, -0.25) is 0 Å². The van der Waals surface area contributed by atoms with Gasteiger partial charge in [-0.05, 0) is 18.6 Å². The van der Waals surface area contributed by atoms with E-state index in [0.29, 0.717) is 6.42 Å². The van der Waals surface area contributed by atoms with Crippen molar-refractivity contribution in [2.24, 2.45) is 11.5 Å². The lowest BCUT2D eigenvalue weighted by atomic mass is 9.86. The minimum Gasteiger partial charge on any atom is -0.399 e. The number of allylic oxidation sites excluding steroid dienone is 1. The van der Waals surface area contributed by atoms with Gasteiger partial charge in [0, 0.05) is 11.1 Å². The number of nitrogens with zero attached hydrogens (tertiary/aromatic N) is 2. The van der Waals surface area contributed by atoms with E-state index in [0.717, 1.165) is 22.3 Å². The summed E-state index contributed by atoms with van der Waals surface area (Å²) in [6.07, 6.45) is 7.88. The van der Waals surface area contributed by atoms with Crippen molar-refractivity contribution in [1.82, 2.24) is 9.97 Å². The Labute approximate surface area is 105 Å². The second-order valence-electron chi connectivity index (χ2n) is 4.52. The van der Waals surface area contributed by atoms with Gasteiger partial charge in [-0.1, -0.05) is 30.4 Å². The fourth-order valence-corrected chi connectivity index (χ4v) is 2.22. The van der Waals surface area contributed by atoms with E-state index in [2.05, 4.69) is 9.97 Å². The summed E-state index contributed by atoms with van der Waals surface area (Å²) in [5, 5.41) is 0.987. The smallest absolute Gasteiger partial charge is 0.116 e. The molecule has 90 valence electrons. The number of benzene rings is 1. The van der Waals surface area contributed by atoms with Crippen LogP contribution < -0.4 is 11.5 Å². The minimum absolute atomic E-state index is 0.606. The fourth-order valence-electron chi connectivity index (χ4n) is 2.22. The molecular weight excluding hydrogens is 224 g/mol. The van der Waals surface area contributed by atoms with Crippen LogP contribution in [0.5, 0.6) is 0 Å². The van der Waals surface area contributed by atoms with Crippen molar-refractivity contribution in [2.45, 2.75) is 12.0 Å². The van der Waals surface area contributed by atoms with Crippen LogP contribution in [0.25, 0.3) is 10.9 Å². The molecule has 1 unspecified atom stereocenters. The molecule has 0 saturated carbocycles. The number of rotatable bonds is 1. The lowest BCUT2D eigenvalue weighted by Crippen LogP contribution is -2.36. The average Bonchev–Trinajstić information content (AvgIpc) is 2.42. The number of aromatic nitrogens is 2. The van der Waals surface area contributed by atoms with Gasteiger partial charge in [0.2, 0.25) is 0 Å². The molecule has 1 heterocycles. The monoisotopic (exact) mass is 238 g/mol. The molecule has 0 spiro atoms. The number of hydrogen-bond acceptors (Lipinski definition) is 4. The Bertz CT molecular complexity index is 654. The Kier molecular flexibility index (Phi) is 2.38. The normalized spacial score (nSPS) is 23.1. The van der Waals surface area contributed by atoms with Crippen molar-refractivity contribution in [2.75, 3.05) is 0 Å². The third-order valence-electron chi connectivity index (χ3n) is 3.23. The summed E-state index contributed by atoms with van der Waals surface area (Å²) >= 11 is 0. The van der Waals surface area contributed by atoms with Crippen LogP contribution in [-0.2, 0) is 5.54 Å². The van der Waals surface area contributed by atoms with E-state index >= 15 is 0 Å². The first-order chi connectivity index (χ1) is 8.69. The van der Waals surface area contributed by atoms with E-state index in [1.807, 2.05) is 42.5 Å². The predicted octanol–water partition coefficient (Wildman–Crippen LogP) is 1.59. The van der Waals surface area contributed by atoms with E-state index in [1.165, 1.54) is 0 Å². The van der Waals surface area contributed by atoms with Gasteiger partial charge in [0.25, 0.3) is 0 Å². The average molecular weight is 238 g/mol. The van der Waals surface area contributed by atoms with Gasteiger partial charge < -0.3 is 11.5 Å². The van der Waals surface area contributed by atoms with Crippen LogP contribution >= 0.6 is 0 Å². The molecule has 0 aliphatic heterocycles. The van der Waals surface area contributed by atoms with Crippen molar-refractivity contribution in [3.8, 4) is 0 Å². The van der Waals surface area contributed by atoms with Gasteiger partial charge in [0.15, 0.2) is 0 Å². The van der Waals surface area contributed by atoms with E-state index in [1.54, 1.807) is 6.33 Å². The van der Waals surface area contributed by atoms with Crippen LogP contribution in [-0.4, -0.2) is 9.97 Å². The van der Waals surface area contributed by atoms with E-state index in [-0.39, 0.29) is 0 Å². The van der Waals surface area contributed by atoms with Crippen LogP contribution in [0.1, 0.15) is 12.1 Å². The molecule has 4 nitrogen and oxygen atoms in total. The Hall–Kier alpha value is -2.20. The molecule has 0 saturated heterocycles. The highest BCUT2D eigenvalue weighted by Crippen LogP contribution is 2.30. The van der Waals surface area contributed by atoms with Gasteiger partial charge in [0.1, 0.15) is 6.33 Å². The van der Waals surface area contributed by atoms with Crippen molar-refractivity contribution in [1.29, 1.82) is 0 Å². The Balaban J connectivity index is 2.18. The quantitative estimate of drug-likeness (QED) is 0.790. The highest BCUT2D eigenvalue weighted by Gasteiger charge is 2.28. The molecule has 4 heteroatoms. The third kappa shape index (κ3) is 1.67. The van der Waals surface area contributed by atoms with Crippen LogP contribution in [0.2, 0.25) is 0 Å². The maximum Gasteiger partial charge on any atom is 0.116 e. The first-order valence-corrected chi connectivity index (χ1v) is 5.83. The Morgan fingerprint density at radius 3 is 2.78 bits per heavy atom. The second-order valence-corrected chi connectivity index (χ2v) is 4.52. The van der Waals surface area contributed by atoms with Gasteiger partial charge in [-0.2, -0.15) is 0 Å². The van der Waals surface area contributed by atoms with Gasteiger partial charge in [0.05, 0.1) is 16.7 Å². The van der Waals surface area contributed by atoms with Crippen molar-refractivity contribution < 1.29 is 0 Å². The first-order valence-electron chi connectivity index (χ1n) is 5.83. The zero-order valence-electron chi connectivity index (χ0n) is 9.88. The fraction of sp³-hybridized carbons (Fsp3) is 0.143. The van der Waals surface area contributed by atoms with Crippen LogP contribution in [0, 0.1) is 0 Å². The lowest BCUT2D eigenvalue weighted by Gasteiger charge is -2.27. The molecule has 0 bridgehead atoms. The Morgan fingerprint density at radius 2 is 2.00 bits per heavy atom. The summed E-state index contributed by atoms with van der Waals surface area (Å²) in [5.41, 5.74) is 14.0. The summed E-state index contributed by atoms with van der Waals surface area (Å²) in [7, 11) is 0. The predicted molar refractivity (Wildman–Crippen MR) is 71.4 cm³/mol. The van der Waals surface area contributed by atoms with Gasteiger partial charge in [-0.15, -0.1) is 0 Å². The number of nitrogens with two attached hydrogens (primary N) is 2. The molecular formula is C14H14N4. The molecule has 0 radical (unpaired) electrons. The summed E-state index contributed by atoms with van der Waals surface area (Å²) in [6, 6.07) is 7.88. The summed E-state index contributed by atoms with van der Waals surface area (Å²) < 4.78 is 0. The van der Waals surface area contributed by atoms with Crippen molar-refractivity contribution in [3.05, 3.63) is 60.2 Å². The van der Waals surface area contributed by atoms with Crippen LogP contribution in [0.4, 0.5) is 0 Å². The summed E-state index contributed by atoms with van der Waals surface area (Å²) in [5.74, 6) is 0. The van der Waals surface area contributed by atoms with Crippen molar-refractivity contribution >= 4 is 10.9 Å². The van der Waals surface area contributed by atoms with E-state index in [4.69, 9.17) is 11.5 Å². The van der Waals surface area contributed by atoms with Gasteiger partial charge >= 0.3 is 0 Å². The molecule has 1 atom stereocenters. The molecule has 1 aliphatic carbocycles. The first kappa shape index (κ1) is 10.9. The highest BCUT2D eigenvalue weighted by atomic mass is 14.9. The molecule has 3 rings (SSSR count). The molecule has 1 aromatic carbocycles. The number of hydrogen-bond donors (Lipinski definition) is 2. The minimum atomic E-state index is -0.606. The second kappa shape index (κ2) is 3.92. The summed E-state index contributed by atoms with van der Waals surface area (Å²) in [6.45, 7) is 0. The topological polar surface area (TPSA) is 77.8 Å². The highest BCUT2D eigenvalue weighted by molar-refractivity contribution is 5.81. The third-order valence-corrected chi connectivity index (χ3v) is 3.23. The molecule has 0 amide bonds. The van der Waals surface area contributed by atoms with E-state index in [9.17, 15) is 0 Å². The van der Waals surface area contributed by atoms with Crippen molar-refractivity contribution in [3.63, 3.8) is 0 Å². The molecule has 0 fully saturated rings. The molecule has 1 aliphatic rings. The standard InChI is InChI=1S/C14H14N4/c15-10-5-7-14(16,8-6-10)13-11-3-1-2-4-12(11)17-9-18-13/h1-7,9H,8,15-16H2. The maximum absolute atomic E-state index is 6.43. The van der Waals surface area contributed by atoms with Crippen LogP contribution in [0.3, 0.4) is 0 Å². The number of fused-ring (bicyclic) bond motifs is 1. The zero-order chi connectivity index (χ0) is 12.6. The number of para-hydroxylation sites is 1. The summed E-state index contributed by atoms with van der Waals surface area (Å²) in [4.78, 5) is 8.62. The molecule has 1 aromatic heterocycles. The van der Waals surface area contributed by atoms with Gasteiger partial charge in [-0.25, -0.2) is 9.97 Å². The molecule has 4 N–H and O–H groups in total. The molecule has 18 heavy (non-hydrogen) atoms. The molecule has 2 aromatic rings. The zero-order valence-corrected chi connectivity index (χ0v) is 9.88. The lowest BCUT2D eigenvalue weighted by molar-refractivity contribution is 0.548. The van der Waals surface area contributed by atoms with E-state index < -0.39 is 5.54 Å². The SMILES string of the molecule is NC1=CCC(N)(c2ncnc3ccccc23)C=C1. The maximum atomic E-state index is 6.43.